The third kappa shape index (κ3) is 10.2. The summed E-state index contributed by atoms with van der Waals surface area (Å²) in [6.45, 7) is 2.27. The second-order valence-corrected chi connectivity index (χ2v) is 10.2. The first kappa shape index (κ1) is 11.9. The minimum absolute atomic E-state index is 0. The van der Waals surface area contributed by atoms with E-state index in [4.69, 9.17) is 0 Å². The van der Waals surface area contributed by atoms with Crippen molar-refractivity contribution in [1.82, 2.24) is 0 Å². The third-order valence-corrected chi connectivity index (χ3v) is 3.46. The summed E-state index contributed by atoms with van der Waals surface area (Å²) >= 11 is -0.899. The Kier molecular flexibility index (Phi) is 7.36. The molecule has 0 radical (unpaired) electrons. The average molecular weight is 122 g/mol. The smallest absolute Gasteiger partial charge is 0.204 e. The first-order valence-corrected chi connectivity index (χ1v) is 7.63. The van der Waals surface area contributed by atoms with E-state index in [1.54, 1.807) is 0 Å². The molecule has 0 fully saturated rings. The quantitative estimate of drug-likeness (QED) is 0.443. The fourth-order valence-electron chi connectivity index (χ4n) is 0.866. The average Bonchev–Trinajstić information content (AvgIpc) is 1.30. The second-order valence-electron chi connectivity index (χ2n) is 3.75. The van der Waals surface area contributed by atoms with Gasteiger partial charge in [-0.25, -0.2) is 17.4 Å². The van der Waals surface area contributed by atoms with Gasteiger partial charge in [-0.05, 0) is 0 Å². The Morgan fingerprint density at radius 3 is 1.50 bits per heavy atom. The third-order valence-electron chi connectivity index (χ3n) is 1.15. The van der Waals surface area contributed by atoms with Crippen molar-refractivity contribution in [2.45, 2.75) is 36.0 Å². The molecule has 0 aromatic heterocycles. The predicted octanol–water partition coefficient (Wildman–Crippen LogP) is -0.261. The maximum absolute atomic E-state index is 2.44. The molecule has 0 rings (SSSR count). The molecule has 8 heavy (non-hydrogen) atoms. The van der Waals surface area contributed by atoms with Crippen molar-refractivity contribution in [3.63, 3.8) is 0 Å². The van der Waals surface area contributed by atoms with E-state index in [-0.39, 0.29) is 18.9 Å². The van der Waals surface area contributed by atoms with Gasteiger partial charge in [0, 0.05) is 0 Å². The zero-order valence-corrected chi connectivity index (χ0v) is 8.15. The van der Waals surface area contributed by atoms with Gasteiger partial charge < -0.3 is 0 Å². The summed E-state index contributed by atoms with van der Waals surface area (Å²) in [6, 6.07) is 0. The predicted molar refractivity (Wildman–Crippen MR) is 38.4 cm³/mol. The van der Waals surface area contributed by atoms with Crippen molar-refractivity contribution >= 4 is 13.1 Å². The van der Waals surface area contributed by atoms with Gasteiger partial charge in [-0.3, -0.25) is 0 Å². The zero-order valence-electron chi connectivity index (χ0n) is 6.99. The molecule has 0 N–H and O–H groups in total. The Labute approximate surface area is 67.9 Å². The van der Waals surface area contributed by atoms with Gasteiger partial charge in [-0.1, -0.05) is 13.3 Å². The van der Waals surface area contributed by atoms with Crippen LogP contribution in [0.3, 0.4) is 0 Å². The van der Waals surface area contributed by atoms with Crippen molar-refractivity contribution in [3.05, 3.63) is 0 Å². The van der Waals surface area contributed by atoms with Crippen LogP contribution in [0.2, 0.25) is 22.6 Å². The van der Waals surface area contributed by atoms with Crippen LogP contribution >= 0.6 is 0 Å². The monoisotopic (exact) mass is 122 g/mol. The molecule has 0 aliphatic heterocycles. The second kappa shape index (κ2) is 4.96. The van der Waals surface area contributed by atoms with Gasteiger partial charge in [0.15, 0.2) is 0 Å². The molecule has 0 saturated heterocycles. The van der Waals surface area contributed by atoms with E-state index in [0.717, 1.165) is 0 Å². The molecule has 0 aromatic carbocycles. The molecule has 2 heteroatoms. The van der Waals surface area contributed by atoms with Gasteiger partial charge in [0.25, 0.3) is 0 Å². The van der Waals surface area contributed by atoms with Crippen LogP contribution in [0.1, 0.15) is 13.3 Å². The fraction of sp³-hybridized carbons (Fsp3) is 1.00. The van der Waals surface area contributed by atoms with Crippen LogP contribution in [0.4, 0.5) is 0 Å². The molecule has 0 atom stereocenters. The molecule has 0 aromatic rings. The van der Waals surface area contributed by atoms with Gasteiger partial charge >= 0.3 is 18.9 Å². The molecular weight excluding hydrogens is 106 g/mol. The van der Waals surface area contributed by atoms with Crippen LogP contribution in [-0.2, 0) is 0 Å². The van der Waals surface area contributed by atoms with E-state index < -0.39 is 13.1 Å². The normalized spacial score (nSPS) is 10.5. The van der Waals surface area contributed by atoms with Crippen LogP contribution in [0.15, 0.2) is 0 Å². The van der Waals surface area contributed by atoms with E-state index in [1.807, 2.05) is 0 Å². The molecule has 0 nitrogen and oxygen atoms in total. The summed E-state index contributed by atoms with van der Waals surface area (Å²) in [5.41, 5.74) is 0. The molecular formula is C6H16AlLi. The van der Waals surface area contributed by atoms with E-state index in [2.05, 4.69) is 24.3 Å². The maximum Gasteiger partial charge on any atom is 1.00 e. The van der Waals surface area contributed by atoms with Crippen molar-refractivity contribution < 1.29 is 18.9 Å². The standard InChI is InChI=1S/C3H7.3CH3.Al.Li/c1-3-2;;;;;/h1,3H2,2H3;3*1H3;;/q;;;;-1;+1. The van der Waals surface area contributed by atoms with Gasteiger partial charge in [-0.2, -0.15) is 5.28 Å². The summed E-state index contributed by atoms with van der Waals surface area (Å²) < 4.78 is 0. The van der Waals surface area contributed by atoms with Crippen molar-refractivity contribution in [2.24, 2.45) is 0 Å². The topological polar surface area (TPSA) is 0 Å². The molecule has 0 aliphatic carbocycles. The van der Waals surface area contributed by atoms with Gasteiger partial charge in [-0.15, -0.1) is 0 Å². The molecule has 0 aliphatic rings. The van der Waals surface area contributed by atoms with E-state index >= 15 is 0 Å². The number of rotatable bonds is 2. The Hall–Kier alpha value is 1.13. The number of hydrogen-bond donors (Lipinski definition) is 0. The van der Waals surface area contributed by atoms with Gasteiger partial charge in [0.05, 0.1) is 0 Å². The van der Waals surface area contributed by atoms with Crippen molar-refractivity contribution in [2.75, 3.05) is 0 Å². The summed E-state index contributed by atoms with van der Waals surface area (Å²) in [6.07, 6.45) is 1.38. The van der Waals surface area contributed by atoms with E-state index in [9.17, 15) is 0 Å². The molecule has 0 amide bonds. The zero-order chi connectivity index (χ0) is 5.91. The minimum Gasteiger partial charge on any atom is -0.204 e. The molecule has 44 valence electrons. The van der Waals surface area contributed by atoms with Crippen LogP contribution < -0.4 is 18.9 Å². The van der Waals surface area contributed by atoms with Crippen molar-refractivity contribution in [1.29, 1.82) is 0 Å². The van der Waals surface area contributed by atoms with E-state index in [0.29, 0.717) is 0 Å². The minimum atomic E-state index is -0.899. The molecule has 0 saturated carbocycles. The van der Waals surface area contributed by atoms with Gasteiger partial charge in [0.1, 0.15) is 13.1 Å². The molecule has 0 heterocycles. The Morgan fingerprint density at radius 1 is 1.12 bits per heavy atom. The summed E-state index contributed by atoms with van der Waals surface area (Å²) in [7, 11) is 0. The van der Waals surface area contributed by atoms with Crippen LogP contribution in [0.5, 0.6) is 0 Å². The SMILES string of the molecule is CC[CH2][Al-]([CH3])([CH3])[CH3].[Li+]. The Balaban J connectivity index is 0. The summed E-state index contributed by atoms with van der Waals surface area (Å²) in [5.74, 6) is 7.32. The maximum atomic E-state index is 2.44. The molecule has 0 spiro atoms. The first-order chi connectivity index (χ1) is 3.06. The van der Waals surface area contributed by atoms with Crippen LogP contribution in [0, 0.1) is 0 Å². The van der Waals surface area contributed by atoms with Gasteiger partial charge in [0.2, 0.25) is 0 Å². The summed E-state index contributed by atoms with van der Waals surface area (Å²) in [5, 5.41) is 1.51. The summed E-state index contributed by atoms with van der Waals surface area (Å²) in [4.78, 5) is 0. The fourth-order valence-corrected chi connectivity index (χ4v) is 2.60. The molecule has 0 unspecified atom stereocenters. The Bertz CT molecular complexity index is 47.0. The van der Waals surface area contributed by atoms with Crippen LogP contribution in [-0.4, -0.2) is 13.1 Å². The molecule has 0 bridgehead atoms. The van der Waals surface area contributed by atoms with Crippen LogP contribution in [0.25, 0.3) is 0 Å². The van der Waals surface area contributed by atoms with E-state index in [1.165, 1.54) is 11.7 Å². The van der Waals surface area contributed by atoms with Crippen molar-refractivity contribution in [3.8, 4) is 0 Å². The Morgan fingerprint density at radius 2 is 1.50 bits per heavy atom. The number of hydrogen-bond acceptors (Lipinski definition) is 0. The first-order valence-electron chi connectivity index (χ1n) is 3.35. The largest absolute Gasteiger partial charge is 1.00 e.